The molecule has 0 aliphatic carbocycles. The summed E-state index contributed by atoms with van der Waals surface area (Å²) in [6, 6.07) is 6.91. The van der Waals surface area contributed by atoms with E-state index < -0.39 is 11.9 Å². The first-order chi connectivity index (χ1) is 8.15. The molecular formula is C13H16O4. The highest BCUT2D eigenvalue weighted by atomic mass is 16.5. The van der Waals surface area contributed by atoms with Crippen LogP contribution in [0.4, 0.5) is 0 Å². The third kappa shape index (κ3) is 2.84. The Hall–Kier alpha value is -1.84. The minimum atomic E-state index is -0.442. The smallest absolute Gasteiger partial charge is 0.338 e. The second kappa shape index (κ2) is 6.03. The molecule has 0 aromatic heterocycles. The van der Waals surface area contributed by atoms with Crippen LogP contribution in [-0.2, 0) is 14.3 Å². The van der Waals surface area contributed by atoms with Gasteiger partial charge in [0.2, 0.25) is 0 Å². The Balaban J connectivity index is 3.19. The van der Waals surface area contributed by atoms with Crippen molar-refractivity contribution < 1.29 is 19.1 Å². The Morgan fingerprint density at radius 2 is 1.82 bits per heavy atom. The fourth-order valence-corrected chi connectivity index (χ4v) is 1.75. The lowest BCUT2D eigenvalue weighted by Gasteiger charge is -2.15. The molecule has 0 amide bonds. The number of esters is 2. The summed E-state index contributed by atoms with van der Waals surface area (Å²) < 4.78 is 9.43. The van der Waals surface area contributed by atoms with Crippen LogP contribution in [0.2, 0.25) is 0 Å². The summed E-state index contributed by atoms with van der Waals surface area (Å²) in [5.41, 5.74) is 1.06. The Morgan fingerprint density at radius 3 is 2.35 bits per heavy atom. The van der Waals surface area contributed by atoms with Crippen LogP contribution in [0, 0.1) is 0 Å². The second-order valence-corrected chi connectivity index (χ2v) is 3.56. The molecule has 1 atom stereocenters. The van der Waals surface area contributed by atoms with Crippen LogP contribution >= 0.6 is 0 Å². The Morgan fingerprint density at radius 1 is 1.18 bits per heavy atom. The molecular weight excluding hydrogens is 220 g/mol. The van der Waals surface area contributed by atoms with E-state index in [1.165, 1.54) is 14.2 Å². The molecule has 0 radical (unpaired) electrons. The molecule has 0 aliphatic rings. The third-order valence-electron chi connectivity index (χ3n) is 2.64. The van der Waals surface area contributed by atoms with Gasteiger partial charge in [0.25, 0.3) is 0 Å². The standard InChI is InChI=1S/C13H16O4/c1-4-9(12(14)16-2)10-7-5-6-8-11(10)13(15)17-3/h5-9H,4H2,1-3H3. The molecule has 4 nitrogen and oxygen atoms in total. The van der Waals surface area contributed by atoms with Crippen LogP contribution in [0.15, 0.2) is 24.3 Å². The maximum Gasteiger partial charge on any atom is 0.338 e. The summed E-state index contributed by atoms with van der Waals surface area (Å²) in [4.78, 5) is 23.2. The molecule has 0 N–H and O–H groups in total. The van der Waals surface area contributed by atoms with Crippen LogP contribution < -0.4 is 0 Å². The summed E-state index contributed by atoms with van der Waals surface area (Å²) >= 11 is 0. The van der Waals surface area contributed by atoms with Gasteiger partial charge in [-0.05, 0) is 18.1 Å². The largest absolute Gasteiger partial charge is 0.469 e. The zero-order chi connectivity index (χ0) is 12.8. The lowest BCUT2D eigenvalue weighted by atomic mass is 9.92. The van der Waals surface area contributed by atoms with Gasteiger partial charge in [0.15, 0.2) is 0 Å². The van der Waals surface area contributed by atoms with Gasteiger partial charge in [-0.1, -0.05) is 25.1 Å². The van der Waals surface area contributed by atoms with E-state index in [2.05, 4.69) is 0 Å². The number of hydrogen-bond donors (Lipinski definition) is 0. The molecule has 4 heteroatoms. The fraction of sp³-hybridized carbons (Fsp3) is 0.385. The number of ether oxygens (including phenoxy) is 2. The zero-order valence-corrected chi connectivity index (χ0v) is 10.2. The van der Waals surface area contributed by atoms with E-state index in [1.54, 1.807) is 24.3 Å². The predicted octanol–water partition coefficient (Wildman–Crippen LogP) is 2.14. The van der Waals surface area contributed by atoms with Crippen molar-refractivity contribution in [1.82, 2.24) is 0 Å². The highest BCUT2D eigenvalue weighted by Gasteiger charge is 2.24. The molecule has 92 valence electrons. The van der Waals surface area contributed by atoms with Crippen LogP contribution in [0.3, 0.4) is 0 Å². The normalized spacial score (nSPS) is 11.7. The van der Waals surface area contributed by atoms with E-state index in [1.807, 2.05) is 6.92 Å². The van der Waals surface area contributed by atoms with Crippen molar-refractivity contribution >= 4 is 11.9 Å². The van der Waals surface area contributed by atoms with Crippen LogP contribution in [0.25, 0.3) is 0 Å². The number of hydrogen-bond acceptors (Lipinski definition) is 4. The Labute approximate surface area is 101 Å². The monoisotopic (exact) mass is 236 g/mol. The quantitative estimate of drug-likeness (QED) is 0.751. The predicted molar refractivity (Wildman–Crippen MR) is 62.8 cm³/mol. The zero-order valence-electron chi connectivity index (χ0n) is 10.2. The number of benzene rings is 1. The number of rotatable bonds is 4. The molecule has 1 aromatic carbocycles. The first-order valence-corrected chi connectivity index (χ1v) is 5.40. The molecule has 0 saturated carbocycles. The van der Waals surface area contributed by atoms with Gasteiger partial charge in [-0.25, -0.2) is 4.79 Å². The van der Waals surface area contributed by atoms with Gasteiger partial charge in [-0.2, -0.15) is 0 Å². The summed E-state index contributed by atoms with van der Waals surface area (Å²) in [7, 11) is 2.66. The van der Waals surface area contributed by atoms with E-state index >= 15 is 0 Å². The summed E-state index contributed by atoms with van der Waals surface area (Å²) in [5.74, 6) is -1.22. The van der Waals surface area contributed by atoms with E-state index in [-0.39, 0.29) is 5.97 Å². The number of methoxy groups -OCH3 is 2. The minimum absolute atomic E-state index is 0.344. The summed E-state index contributed by atoms with van der Waals surface area (Å²) in [5, 5.41) is 0. The molecule has 1 aromatic rings. The summed E-state index contributed by atoms with van der Waals surface area (Å²) in [6.45, 7) is 1.87. The molecule has 1 rings (SSSR count). The van der Waals surface area contributed by atoms with Crippen molar-refractivity contribution in [3.63, 3.8) is 0 Å². The minimum Gasteiger partial charge on any atom is -0.469 e. The van der Waals surface area contributed by atoms with Crippen molar-refractivity contribution in [2.75, 3.05) is 14.2 Å². The van der Waals surface area contributed by atoms with Gasteiger partial charge >= 0.3 is 11.9 Å². The van der Waals surface area contributed by atoms with Crippen molar-refractivity contribution in [2.45, 2.75) is 19.3 Å². The van der Waals surface area contributed by atoms with Crippen LogP contribution in [0.1, 0.15) is 35.2 Å². The van der Waals surface area contributed by atoms with Gasteiger partial charge in [0.05, 0.1) is 25.7 Å². The van der Waals surface area contributed by atoms with Crippen LogP contribution in [-0.4, -0.2) is 26.2 Å². The molecule has 0 heterocycles. The highest BCUT2D eigenvalue weighted by molar-refractivity contribution is 5.93. The van der Waals surface area contributed by atoms with E-state index in [9.17, 15) is 9.59 Å². The van der Waals surface area contributed by atoms with Gasteiger partial charge in [0.1, 0.15) is 0 Å². The lowest BCUT2D eigenvalue weighted by Crippen LogP contribution is -2.17. The van der Waals surface area contributed by atoms with Gasteiger partial charge in [-0.3, -0.25) is 4.79 Å². The first-order valence-electron chi connectivity index (χ1n) is 5.40. The number of carbonyl (C=O) groups is 2. The molecule has 0 fully saturated rings. The molecule has 1 unspecified atom stereocenters. The maximum absolute atomic E-state index is 11.6. The third-order valence-corrected chi connectivity index (χ3v) is 2.64. The van der Waals surface area contributed by atoms with Crippen molar-refractivity contribution in [1.29, 1.82) is 0 Å². The molecule has 0 spiro atoms. The summed E-state index contributed by atoms with van der Waals surface area (Å²) in [6.07, 6.45) is 0.570. The average molecular weight is 236 g/mol. The molecule has 0 saturated heterocycles. The molecule has 0 aliphatic heterocycles. The SMILES string of the molecule is CCC(C(=O)OC)c1ccccc1C(=O)OC. The highest BCUT2D eigenvalue weighted by Crippen LogP contribution is 2.25. The number of carbonyl (C=O) groups excluding carboxylic acids is 2. The topological polar surface area (TPSA) is 52.6 Å². The van der Waals surface area contributed by atoms with E-state index in [4.69, 9.17) is 9.47 Å². The molecule has 17 heavy (non-hydrogen) atoms. The van der Waals surface area contributed by atoms with E-state index in [0.717, 1.165) is 0 Å². The van der Waals surface area contributed by atoms with E-state index in [0.29, 0.717) is 17.5 Å². The van der Waals surface area contributed by atoms with Crippen LogP contribution in [0.5, 0.6) is 0 Å². The van der Waals surface area contributed by atoms with Gasteiger partial charge in [-0.15, -0.1) is 0 Å². The van der Waals surface area contributed by atoms with Crippen molar-refractivity contribution in [3.05, 3.63) is 35.4 Å². The molecule has 0 bridgehead atoms. The fourth-order valence-electron chi connectivity index (χ4n) is 1.75. The van der Waals surface area contributed by atoms with Crippen molar-refractivity contribution in [2.24, 2.45) is 0 Å². The van der Waals surface area contributed by atoms with Crippen molar-refractivity contribution in [3.8, 4) is 0 Å². The lowest BCUT2D eigenvalue weighted by molar-refractivity contribution is -0.142. The van der Waals surface area contributed by atoms with Gasteiger partial charge in [0, 0.05) is 0 Å². The average Bonchev–Trinajstić information content (AvgIpc) is 2.39. The Bertz CT molecular complexity index is 412. The first kappa shape index (κ1) is 13.2. The Kier molecular flexibility index (Phi) is 4.69. The second-order valence-electron chi connectivity index (χ2n) is 3.56. The maximum atomic E-state index is 11.6. The van der Waals surface area contributed by atoms with Gasteiger partial charge < -0.3 is 9.47 Å².